The Bertz CT molecular complexity index is 697. The molecule has 0 aliphatic carbocycles. The van der Waals surface area contributed by atoms with Gasteiger partial charge in [0.1, 0.15) is 12.2 Å². The van der Waals surface area contributed by atoms with Crippen LogP contribution < -0.4 is 17.0 Å². The number of hydrogen-bond acceptors (Lipinski definition) is 8. The smallest absolute Gasteiger partial charge is 0.280 e. The lowest BCUT2D eigenvalue weighted by atomic mass is 10.1. The topological polar surface area (TPSA) is 165 Å². The number of nitrogens with two attached hydrogens (primary N) is 2. The van der Waals surface area contributed by atoms with Gasteiger partial charge in [-0.3, -0.25) is 14.3 Å². The van der Waals surface area contributed by atoms with Gasteiger partial charge >= 0.3 is 0 Å². The molecule has 20 heavy (non-hydrogen) atoms. The van der Waals surface area contributed by atoms with Crippen molar-refractivity contribution in [3.05, 3.63) is 16.7 Å². The number of fused-ring (bicyclic) bond motifs is 1. The number of aliphatic hydroxyl groups is 2. The van der Waals surface area contributed by atoms with Crippen LogP contribution in [-0.2, 0) is 4.74 Å². The number of nitrogen functional groups attached to an aromatic ring is 1. The molecular weight excluding hydrogens is 268 g/mol. The summed E-state index contributed by atoms with van der Waals surface area (Å²) in [5.74, 6) is -0.0697. The Morgan fingerprint density at radius 3 is 2.95 bits per heavy atom. The van der Waals surface area contributed by atoms with E-state index in [-0.39, 0.29) is 23.7 Å². The van der Waals surface area contributed by atoms with Crippen molar-refractivity contribution in [1.29, 1.82) is 0 Å². The zero-order chi connectivity index (χ0) is 14.4. The highest BCUT2D eigenvalue weighted by atomic mass is 16.5. The fraction of sp³-hybridized carbons (Fsp3) is 0.500. The van der Waals surface area contributed by atoms with Crippen molar-refractivity contribution in [1.82, 2.24) is 19.5 Å². The lowest BCUT2D eigenvalue weighted by Gasteiger charge is -2.16. The van der Waals surface area contributed by atoms with Gasteiger partial charge in [-0.05, 0) is 0 Å². The third-order valence-corrected chi connectivity index (χ3v) is 3.33. The number of H-pyrrole nitrogens is 1. The van der Waals surface area contributed by atoms with Crippen LogP contribution in [-0.4, -0.2) is 54.6 Å². The monoisotopic (exact) mass is 282 g/mol. The highest BCUT2D eigenvalue weighted by Gasteiger charge is 2.42. The molecule has 0 saturated carbocycles. The highest BCUT2D eigenvalue weighted by Crippen LogP contribution is 2.29. The summed E-state index contributed by atoms with van der Waals surface area (Å²) >= 11 is 0. The number of aromatic amines is 1. The lowest BCUT2D eigenvalue weighted by molar-refractivity contribution is -0.0488. The first-order chi connectivity index (χ1) is 9.52. The van der Waals surface area contributed by atoms with Crippen LogP contribution in [0, 0.1) is 0 Å². The van der Waals surface area contributed by atoms with E-state index in [0.29, 0.717) is 0 Å². The molecule has 7 N–H and O–H groups in total. The first-order valence-electron chi connectivity index (χ1n) is 5.95. The predicted octanol–water partition coefficient (Wildman–Crippen LogP) is -2.72. The third-order valence-electron chi connectivity index (χ3n) is 3.33. The van der Waals surface area contributed by atoms with Crippen molar-refractivity contribution in [3.8, 4) is 0 Å². The zero-order valence-electron chi connectivity index (χ0n) is 10.3. The van der Waals surface area contributed by atoms with E-state index >= 15 is 0 Å². The molecule has 0 spiro atoms. The molecular formula is C10H14N6O4. The van der Waals surface area contributed by atoms with Gasteiger partial charge in [-0.1, -0.05) is 0 Å². The van der Waals surface area contributed by atoms with Crippen molar-refractivity contribution in [2.24, 2.45) is 5.73 Å². The van der Waals surface area contributed by atoms with Gasteiger partial charge in [0.25, 0.3) is 5.56 Å². The normalized spacial score (nSPS) is 30.1. The number of ether oxygens (including phenoxy) is 1. The van der Waals surface area contributed by atoms with Crippen molar-refractivity contribution >= 4 is 17.1 Å². The second kappa shape index (κ2) is 4.52. The first kappa shape index (κ1) is 13.0. The third kappa shape index (κ3) is 1.78. The van der Waals surface area contributed by atoms with Crippen LogP contribution in [0.5, 0.6) is 0 Å². The van der Waals surface area contributed by atoms with Gasteiger partial charge in [0.15, 0.2) is 17.4 Å². The standard InChI is InChI=1S/C10H14N6O4/c11-4-3(1-17)20-9(6(4)18)16-2-13-5-7(16)14-10(12)15-8(5)19/h2-4,6,9,17-18H,1,11H2,(H3,12,14,15,19). The number of aromatic nitrogens is 4. The van der Waals surface area contributed by atoms with Crippen LogP contribution in [0.2, 0.25) is 0 Å². The molecule has 3 rings (SSSR count). The lowest BCUT2D eigenvalue weighted by Crippen LogP contribution is -2.41. The zero-order valence-corrected chi connectivity index (χ0v) is 10.3. The van der Waals surface area contributed by atoms with Gasteiger partial charge in [0.05, 0.1) is 19.0 Å². The van der Waals surface area contributed by atoms with E-state index in [1.54, 1.807) is 0 Å². The minimum Gasteiger partial charge on any atom is -0.394 e. The number of imidazole rings is 1. The van der Waals surface area contributed by atoms with E-state index in [9.17, 15) is 9.90 Å². The maximum Gasteiger partial charge on any atom is 0.280 e. The van der Waals surface area contributed by atoms with Crippen LogP contribution in [0.15, 0.2) is 11.1 Å². The number of nitrogens with one attached hydrogen (secondary N) is 1. The Morgan fingerprint density at radius 2 is 2.30 bits per heavy atom. The molecule has 1 aliphatic rings. The van der Waals surface area contributed by atoms with Gasteiger partial charge in [0, 0.05) is 0 Å². The fourth-order valence-corrected chi connectivity index (χ4v) is 2.28. The van der Waals surface area contributed by atoms with Crippen LogP contribution in [0.1, 0.15) is 6.23 Å². The Hall–Kier alpha value is -2.01. The molecule has 0 aromatic carbocycles. The number of nitrogens with zero attached hydrogens (tertiary/aromatic N) is 3. The summed E-state index contributed by atoms with van der Waals surface area (Å²) in [7, 11) is 0. The molecule has 0 bridgehead atoms. The van der Waals surface area contributed by atoms with Gasteiger partial charge in [0.2, 0.25) is 5.95 Å². The molecule has 1 aliphatic heterocycles. The summed E-state index contributed by atoms with van der Waals surface area (Å²) in [4.78, 5) is 21.9. The number of rotatable bonds is 2. The number of anilines is 1. The number of hydrogen-bond donors (Lipinski definition) is 5. The van der Waals surface area contributed by atoms with Gasteiger partial charge in [-0.15, -0.1) is 0 Å². The minimum atomic E-state index is -1.06. The summed E-state index contributed by atoms with van der Waals surface area (Å²) in [5.41, 5.74) is 11.0. The average Bonchev–Trinajstić information content (AvgIpc) is 2.93. The molecule has 0 radical (unpaired) electrons. The predicted molar refractivity (Wildman–Crippen MR) is 67.5 cm³/mol. The second-order valence-corrected chi connectivity index (χ2v) is 4.59. The maximum atomic E-state index is 11.7. The Morgan fingerprint density at radius 1 is 1.55 bits per heavy atom. The van der Waals surface area contributed by atoms with Crippen molar-refractivity contribution < 1.29 is 14.9 Å². The van der Waals surface area contributed by atoms with E-state index in [1.807, 2.05) is 0 Å². The van der Waals surface area contributed by atoms with Crippen LogP contribution >= 0.6 is 0 Å². The Labute approximate surface area is 112 Å². The fourth-order valence-electron chi connectivity index (χ4n) is 2.28. The molecule has 2 aromatic heterocycles. The van der Waals surface area contributed by atoms with Crippen molar-refractivity contribution in [3.63, 3.8) is 0 Å². The van der Waals surface area contributed by atoms with Crippen LogP contribution in [0.25, 0.3) is 11.2 Å². The van der Waals surface area contributed by atoms with Gasteiger partial charge in [-0.25, -0.2) is 4.98 Å². The summed E-state index contributed by atoms with van der Waals surface area (Å²) in [5, 5.41) is 19.2. The summed E-state index contributed by atoms with van der Waals surface area (Å²) in [6, 6.07) is -0.748. The summed E-state index contributed by atoms with van der Waals surface area (Å²) in [6.07, 6.45) is -1.34. The van der Waals surface area contributed by atoms with E-state index in [1.165, 1.54) is 10.9 Å². The Balaban J connectivity index is 2.09. The second-order valence-electron chi connectivity index (χ2n) is 4.59. The van der Waals surface area contributed by atoms with E-state index in [0.717, 1.165) is 0 Å². The van der Waals surface area contributed by atoms with E-state index in [2.05, 4.69) is 15.0 Å². The molecule has 4 unspecified atom stereocenters. The molecule has 3 heterocycles. The first-order valence-corrected chi connectivity index (χ1v) is 5.95. The van der Waals surface area contributed by atoms with Crippen molar-refractivity contribution in [2.75, 3.05) is 12.3 Å². The van der Waals surface area contributed by atoms with Gasteiger partial charge in [-0.2, -0.15) is 4.98 Å². The number of aliphatic hydroxyl groups excluding tert-OH is 2. The summed E-state index contributed by atoms with van der Waals surface area (Å²) < 4.78 is 6.85. The summed E-state index contributed by atoms with van der Waals surface area (Å²) in [6.45, 7) is -0.322. The molecule has 1 fully saturated rings. The quantitative estimate of drug-likeness (QED) is 0.396. The average molecular weight is 282 g/mol. The molecule has 10 heteroatoms. The maximum absolute atomic E-state index is 11.7. The van der Waals surface area contributed by atoms with E-state index in [4.69, 9.17) is 21.3 Å². The van der Waals surface area contributed by atoms with Crippen molar-refractivity contribution in [2.45, 2.75) is 24.5 Å². The van der Waals surface area contributed by atoms with E-state index < -0.39 is 30.0 Å². The minimum absolute atomic E-state index is 0.0697. The SMILES string of the molecule is Nc1nc2c(ncn2C2OC(CO)C(N)C2O)c(=O)[nH]1. The molecule has 2 aromatic rings. The molecule has 1 saturated heterocycles. The van der Waals surface area contributed by atoms with Crippen LogP contribution in [0.4, 0.5) is 5.95 Å². The molecule has 10 nitrogen and oxygen atoms in total. The van der Waals surface area contributed by atoms with Crippen LogP contribution in [0.3, 0.4) is 0 Å². The van der Waals surface area contributed by atoms with Gasteiger partial charge < -0.3 is 26.4 Å². The highest BCUT2D eigenvalue weighted by molar-refractivity contribution is 5.70. The molecule has 0 amide bonds. The Kier molecular flexibility index (Phi) is 2.94. The molecule has 4 atom stereocenters. The largest absolute Gasteiger partial charge is 0.394 e. The molecule has 108 valence electrons.